The molecule has 1 amide bonds. The molecule has 4 nitrogen and oxygen atoms in total. The van der Waals surface area contributed by atoms with E-state index in [0.29, 0.717) is 0 Å². The lowest BCUT2D eigenvalue weighted by Gasteiger charge is -2.30. The van der Waals surface area contributed by atoms with Crippen LogP contribution in [0.25, 0.3) is 0 Å². The quantitative estimate of drug-likeness (QED) is 0.809. The molecular formula is C11H17NO3S. The smallest absolute Gasteiger partial charge is 0.323 e. The molecular weight excluding hydrogens is 226 g/mol. The van der Waals surface area contributed by atoms with Gasteiger partial charge in [0.15, 0.2) is 0 Å². The molecule has 2 aliphatic rings. The van der Waals surface area contributed by atoms with Crippen molar-refractivity contribution in [3.05, 3.63) is 0 Å². The van der Waals surface area contributed by atoms with Crippen LogP contribution in [0.3, 0.4) is 0 Å². The van der Waals surface area contributed by atoms with Crippen LogP contribution in [-0.2, 0) is 9.59 Å². The van der Waals surface area contributed by atoms with Gasteiger partial charge >= 0.3 is 5.97 Å². The fraction of sp³-hybridized carbons (Fsp3) is 0.818. The predicted octanol–water partition coefficient (Wildman–Crippen LogP) is 1.35. The van der Waals surface area contributed by atoms with Crippen molar-refractivity contribution >= 4 is 23.6 Å². The van der Waals surface area contributed by atoms with Gasteiger partial charge in [-0.2, -0.15) is 0 Å². The van der Waals surface area contributed by atoms with Crippen LogP contribution in [0.1, 0.15) is 32.6 Å². The van der Waals surface area contributed by atoms with Crippen molar-refractivity contribution in [3.63, 3.8) is 0 Å². The first-order valence-electron chi connectivity index (χ1n) is 5.70. The summed E-state index contributed by atoms with van der Waals surface area (Å²) in [7, 11) is 0. The topological polar surface area (TPSA) is 57.6 Å². The number of carboxylic acid groups (broad SMARTS) is 1. The Morgan fingerprint density at radius 1 is 1.50 bits per heavy atom. The van der Waals surface area contributed by atoms with Crippen molar-refractivity contribution in [2.75, 3.05) is 12.3 Å². The van der Waals surface area contributed by atoms with E-state index in [1.54, 1.807) is 16.7 Å². The number of nitrogens with zero attached hydrogens (tertiary/aromatic N) is 1. The zero-order valence-corrected chi connectivity index (χ0v) is 10.3. The minimum absolute atomic E-state index is 0.0277. The van der Waals surface area contributed by atoms with E-state index in [-0.39, 0.29) is 23.2 Å². The average molecular weight is 243 g/mol. The highest BCUT2D eigenvalue weighted by Gasteiger charge is 2.44. The summed E-state index contributed by atoms with van der Waals surface area (Å²) in [5.41, 5.74) is 0. The van der Waals surface area contributed by atoms with E-state index in [0.717, 1.165) is 31.4 Å². The van der Waals surface area contributed by atoms with Crippen LogP contribution in [0, 0.1) is 0 Å². The number of carboxylic acids is 1. The molecule has 2 rings (SSSR count). The van der Waals surface area contributed by atoms with E-state index in [4.69, 9.17) is 5.11 Å². The Hall–Kier alpha value is -0.710. The van der Waals surface area contributed by atoms with Gasteiger partial charge in [-0.25, -0.2) is 0 Å². The molecule has 1 unspecified atom stereocenters. The van der Waals surface area contributed by atoms with Gasteiger partial charge in [-0.15, -0.1) is 11.8 Å². The molecule has 0 aromatic heterocycles. The SMILES string of the molecule is CC1(C(=O)N(CC(=O)O)C2CC2)CCCS1. The van der Waals surface area contributed by atoms with E-state index < -0.39 is 5.97 Å². The van der Waals surface area contributed by atoms with E-state index >= 15 is 0 Å². The maximum Gasteiger partial charge on any atom is 0.323 e. The Kier molecular flexibility index (Phi) is 3.15. The van der Waals surface area contributed by atoms with Crippen molar-refractivity contribution in [2.45, 2.75) is 43.4 Å². The van der Waals surface area contributed by atoms with Gasteiger partial charge in [-0.1, -0.05) is 0 Å². The lowest BCUT2D eigenvalue weighted by Crippen LogP contribution is -2.47. The van der Waals surface area contributed by atoms with Gasteiger partial charge in [-0.3, -0.25) is 9.59 Å². The predicted molar refractivity (Wildman–Crippen MR) is 62.5 cm³/mol. The monoisotopic (exact) mass is 243 g/mol. The van der Waals surface area contributed by atoms with Crippen LogP contribution in [0.4, 0.5) is 0 Å². The third-order valence-electron chi connectivity index (χ3n) is 3.23. The van der Waals surface area contributed by atoms with Gasteiger partial charge in [0, 0.05) is 6.04 Å². The van der Waals surface area contributed by atoms with Crippen molar-refractivity contribution in [3.8, 4) is 0 Å². The summed E-state index contributed by atoms with van der Waals surface area (Å²) in [6.07, 6.45) is 3.84. The molecule has 16 heavy (non-hydrogen) atoms. The van der Waals surface area contributed by atoms with Crippen LogP contribution in [-0.4, -0.2) is 45.0 Å². The fourth-order valence-corrected chi connectivity index (χ4v) is 3.42. The van der Waals surface area contributed by atoms with Crippen LogP contribution >= 0.6 is 11.8 Å². The van der Waals surface area contributed by atoms with Gasteiger partial charge in [0.25, 0.3) is 0 Å². The van der Waals surface area contributed by atoms with Crippen molar-refractivity contribution in [2.24, 2.45) is 0 Å². The molecule has 0 aromatic carbocycles. The molecule has 1 N–H and O–H groups in total. The lowest BCUT2D eigenvalue weighted by molar-refractivity contribution is -0.145. The van der Waals surface area contributed by atoms with Crippen molar-refractivity contribution in [1.29, 1.82) is 0 Å². The number of rotatable bonds is 4. The summed E-state index contributed by atoms with van der Waals surface area (Å²) < 4.78 is -0.377. The molecule has 1 aliphatic carbocycles. The van der Waals surface area contributed by atoms with E-state index in [9.17, 15) is 9.59 Å². The first-order chi connectivity index (χ1) is 7.53. The number of aliphatic carboxylic acids is 1. The Morgan fingerprint density at radius 3 is 2.62 bits per heavy atom. The number of amides is 1. The molecule has 1 heterocycles. The number of thioether (sulfide) groups is 1. The third kappa shape index (κ3) is 2.34. The maximum absolute atomic E-state index is 12.3. The van der Waals surface area contributed by atoms with Crippen molar-refractivity contribution < 1.29 is 14.7 Å². The standard InChI is InChI=1S/C11H17NO3S/c1-11(5-2-6-16-11)10(15)12(7-9(13)14)8-3-4-8/h8H,2-7H2,1H3,(H,13,14). The Morgan fingerprint density at radius 2 is 2.19 bits per heavy atom. The van der Waals surface area contributed by atoms with Crippen molar-refractivity contribution in [1.82, 2.24) is 4.90 Å². The number of hydrogen-bond acceptors (Lipinski definition) is 3. The molecule has 0 aromatic rings. The summed E-state index contributed by atoms with van der Waals surface area (Å²) in [6, 6.07) is 0.182. The number of carbonyl (C=O) groups excluding carboxylic acids is 1. The molecule has 2 fully saturated rings. The summed E-state index contributed by atoms with van der Waals surface area (Å²) in [6.45, 7) is 1.81. The first-order valence-corrected chi connectivity index (χ1v) is 6.68. The number of carbonyl (C=O) groups is 2. The van der Waals surface area contributed by atoms with Gasteiger partial charge in [0.1, 0.15) is 6.54 Å². The second-order valence-electron chi connectivity index (χ2n) is 4.74. The summed E-state index contributed by atoms with van der Waals surface area (Å²) >= 11 is 1.67. The van der Waals surface area contributed by atoms with Crippen LogP contribution < -0.4 is 0 Å². The first kappa shape index (κ1) is 11.8. The van der Waals surface area contributed by atoms with Gasteiger partial charge in [0.2, 0.25) is 5.91 Å². The Balaban J connectivity index is 2.07. The van der Waals surface area contributed by atoms with Crippen LogP contribution in [0.2, 0.25) is 0 Å². The molecule has 1 saturated heterocycles. The molecule has 1 saturated carbocycles. The van der Waals surface area contributed by atoms with Gasteiger partial charge in [0.05, 0.1) is 4.75 Å². The molecule has 0 radical (unpaired) electrons. The largest absolute Gasteiger partial charge is 0.480 e. The highest BCUT2D eigenvalue weighted by Crippen LogP contribution is 2.41. The third-order valence-corrected chi connectivity index (χ3v) is 4.73. The molecule has 5 heteroatoms. The second kappa shape index (κ2) is 4.28. The highest BCUT2D eigenvalue weighted by atomic mass is 32.2. The van der Waals surface area contributed by atoms with Crippen LogP contribution in [0.5, 0.6) is 0 Å². The molecule has 90 valence electrons. The van der Waals surface area contributed by atoms with Gasteiger partial charge < -0.3 is 10.0 Å². The molecule has 1 aliphatic heterocycles. The Labute approximate surface area is 99.4 Å². The highest BCUT2D eigenvalue weighted by molar-refractivity contribution is 8.01. The van der Waals surface area contributed by atoms with Crippen LogP contribution in [0.15, 0.2) is 0 Å². The second-order valence-corrected chi connectivity index (χ2v) is 6.34. The average Bonchev–Trinajstić information content (AvgIpc) is 2.97. The maximum atomic E-state index is 12.3. The van der Waals surface area contributed by atoms with Gasteiger partial charge in [-0.05, 0) is 38.4 Å². The summed E-state index contributed by atoms with van der Waals surface area (Å²) in [5.74, 6) is 0.125. The summed E-state index contributed by atoms with van der Waals surface area (Å²) in [5, 5.41) is 8.84. The fourth-order valence-electron chi connectivity index (χ4n) is 2.15. The minimum Gasteiger partial charge on any atom is -0.480 e. The van der Waals surface area contributed by atoms with E-state index in [2.05, 4.69) is 0 Å². The normalized spacial score (nSPS) is 29.1. The molecule has 0 bridgehead atoms. The zero-order valence-electron chi connectivity index (χ0n) is 9.44. The summed E-state index contributed by atoms with van der Waals surface area (Å²) in [4.78, 5) is 24.7. The minimum atomic E-state index is -0.910. The number of hydrogen-bond donors (Lipinski definition) is 1. The lowest BCUT2D eigenvalue weighted by atomic mass is 10.0. The zero-order chi connectivity index (χ0) is 11.8. The van der Waals surface area contributed by atoms with E-state index in [1.807, 2.05) is 6.92 Å². The van der Waals surface area contributed by atoms with E-state index in [1.165, 1.54) is 0 Å². The molecule has 0 spiro atoms. The Bertz CT molecular complexity index is 308. The molecule has 1 atom stereocenters.